The summed E-state index contributed by atoms with van der Waals surface area (Å²) in [4.78, 5) is 40.8. The Labute approximate surface area is 179 Å². The molecule has 164 valence electrons. The molecule has 2 aromatic rings. The summed E-state index contributed by atoms with van der Waals surface area (Å²) in [5, 5.41) is 2.73. The third-order valence-electron chi connectivity index (χ3n) is 4.77. The number of carbonyl (C=O) groups excluding carboxylic acids is 3. The van der Waals surface area contributed by atoms with Crippen LogP contribution in [0.1, 0.15) is 13.3 Å². The second-order valence-electron chi connectivity index (χ2n) is 6.84. The smallest absolute Gasteiger partial charge is 0.332 e. The van der Waals surface area contributed by atoms with Gasteiger partial charge >= 0.3 is 6.03 Å². The average molecular weight is 429 g/mol. The molecule has 31 heavy (non-hydrogen) atoms. The molecule has 0 aliphatic carbocycles. The van der Waals surface area contributed by atoms with E-state index in [0.717, 1.165) is 4.90 Å². The summed E-state index contributed by atoms with van der Waals surface area (Å²) < 4.78 is 23.7. The van der Waals surface area contributed by atoms with Crippen molar-refractivity contribution in [1.82, 2.24) is 4.90 Å². The molecule has 0 radical (unpaired) electrons. The van der Waals surface area contributed by atoms with Gasteiger partial charge in [0.25, 0.3) is 5.91 Å². The number of hydrogen-bond acceptors (Lipinski definition) is 5. The molecule has 1 aliphatic rings. The van der Waals surface area contributed by atoms with Crippen LogP contribution in [0.3, 0.4) is 0 Å². The monoisotopic (exact) mass is 429 g/mol. The molecule has 1 unspecified atom stereocenters. The van der Waals surface area contributed by atoms with E-state index in [9.17, 15) is 18.8 Å². The van der Waals surface area contributed by atoms with Gasteiger partial charge in [-0.1, -0.05) is 0 Å². The van der Waals surface area contributed by atoms with Gasteiger partial charge in [0, 0.05) is 19.3 Å². The Bertz CT molecular complexity index is 933. The molecule has 3 rings (SSSR count). The minimum Gasteiger partial charge on any atom is -0.494 e. The molecular formula is C22H24FN3O5. The van der Waals surface area contributed by atoms with Gasteiger partial charge in [-0.05, 0) is 55.5 Å². The Morgan fingerprint density at radius 1 is 1.10 bits per heavy atom. The van der Waals surface area contributed by atoms with Crippen molar-refractivity contribution in [2.24, 2.45) is 0 Å². The second kappa shape index (κ2) is 10.0. The Balaban J connectivity index is 1.74. The molecule has 0 saturated carbocycles. The quantitative estimate of drug-likeness (QED) is 0.619. The summed E-state index contributed by atoms with van der Waals surface area (Å²) in [5.74, 6) is -0.767. The van der Waals surface area contributed by atoms with E-state index in [-0.39, 0.29) is 25.3 Å². The summed E-state index contributed by atoms with van der Waals surface area (Å²) in [6.45, 7) is 2.75. The minimum atomic E-state index is -0.990. The third-order valence-corrected chi connectivity index (χ3v) is 4.77. The maximum atomic E-state index is 13.3. The maximum absolute atomic E-state index is 13.3. The summed E-state index contributed by atoms with van der Waals surface area (Å²) in [6.07, 6.45) is -0.223. The van der Waals surface area contributed by atoms with E-state index in [4.69, 9.17) is 9.47 Å². The van der Waals surface area contributed by atoms with E-state index in [1.54, 1.807) is 24.3 Å². The second-order valence-corrected chi connectivity index (χ2v) is 6.84. The highest BCUT2D eigenvalue weighted by Crippen LogP contribution is 2.27. The Kier molecular flexibility index (Phi) is 7.19. The highest BCUT2D eigenvalue weighted by atomic mass is 19.1. The van der Waals surface area contributed by atoms with Crippen molar-refractivity contribution >= 4 is 29.2 Å². The van der Waals surface area contributed by atoms with Crippen LogP contribution in [0.25, 0.3) is 0 Å². The molecule has 1 aliphatic heterocycles. The number of amides is 4. The average Bonchev–Trinajstić information content (AvgIpc) is 2.98. The predicted octanol–water partition coefficient (Wildman–Crippen LogP) is 3.04. The predicted molar refractivity (Wildman–Crippen MR) is 113 cm³/mol. The van der Waals surface area contributed by atoms with Crippen LogP contribution in [0, 0.1) is 5.82 Å². The molecule has 1 saturated heterocycles. The first-order chi connectivity index (χ1) is 14.9. The minimum absolute atomic E-state index is 0.139. The number of anilines is 2. The Morgan fingerprint density at radius 2 is 1.77 bits per heavy atom. The summed E-state index contributed by atoms with van der Waals surface area (Å²) >= 11 is 0. The molecule has 1 atom stereocenters. The number of urea groups is 1. The number of carbonyl (C=O) groups is 3. The van der Waals surface area contributed by atoms with Gasteiger partial charge in [-0.2, -0.15) is 0 Å². The van der Waals surface area contributed by atoms with Crippen molar-refractivity contribution < 1.29 is 28.2 Å². The van der Waals surface area contributed by atoms with Gasteiger partial charge in [0.15, 0.2) is 0 Å². The molecule has 0 spiro atoms. The normalized spacial score (nSPS) is 16.0. The van der Waals surface area contributed by atoms with Crippen molar-refractivity contribution in [3.63, 3.8) is 0 Å². The molecule has 1 fully saturated rings. The van der Waals surface area contributed by atoms with Gasteiger partial charge in [0.1, 0.15) is 17.6 Å². The van der Waals surface area contributed by atoms with Crippen LogP contribution in [-0.4, -0.2) is 55.7 Å². The third kappa shape index (κ3) is 5.18. The lowest BCUT2D eigenvalue weighted by Gasteiger charge is -2.21. The van der Waals surface area contributed by atoms with Crippen molar-refractivity contribution in [2.45, 2.75) is 19.4 Å². The van der Waals surface area contributed by atoms with Gasteiger partial charge in [0.05, 0.1) is 25.3 Å². The van der Waals surface area contributed by atoms with Crippen LogP contribution in [0.2, 0.25) is 0 Å². The number of methoxy groups -OCH3 is 1. The standard InChI is InChI=1S/C22H24FN3O5/c1-3-31-18-10-6-16(7-11-18)24-20(27)14-19-21(28)26(17-8-4-15(23)5-9-17)22(29)25(19)12-13-30-2/h4-11,19H,3,12-14H2,1-2H3,(H,24,27). The van der Waals surface area contributed by atoms with Gasteiger partial charge in [-0.15, -0.1) is 0 Å². The number of imide groups is 1. The lowest BCUT2D eigenvalue weighted by molar-refractivity contribution is -0.124. The molecule has 1 N–H and O–H groups in total. The van der Waals surface area contributed by atoms with E-state index < -0.39 is 29.7 Å². The number of nitrogens with zero attached hydrogens (tertiary/aromatic N) is 2. The van der Waals surface area contributed by atoms with E-state index in [0.29, 0.717) is 18.0 Å². The molecular weight excluding hydrogens is 405 g/mol. The zero-order chi connectivity index (χ0) is 22.4. The van der Waals surface area contributed by atoms with Crippen LogP contribution in [0.4, 0.5) is 20.6 Å². The van der Waals surface area contributed by atoms with Crippen molar-refractivity contribution in [3.8, 4) is 5.75 Å². The summed E-state index contributed by atoms with van der Waals surface area (Å²) in [5.41, 5.74) is 0.789. The SMILES string of the molecule is CCOc1ccc(NC(=O)CC2C(=O)N(c3ccc(F)cc3)C(=O)N2CCOC)cc1. The fraction of sp³-hybridized carbons (Fsp3) is 0.318. The molecule has 4 amide bonds. The lowest BCUT2D eigenvalue weighted by Crippen LogP contribution is -2.39. The van der Waals surface area contributed by atoms with Gasteiger partial charge in [-0.3, -0.25) is 9.59 Å². The van der Waals surface area contributed by atoms with Crippen molar-refractivity contribution in [3.05, 3.63) is 54.3 Å². The first-order valence-electron chi connectivity index (χ1n) is 9.86. The van der Waals surface area contributed by atoms with Crippen LogP contribution in [-0.2, 0) is 14.3 Å². The fourth-order valence-corrected chi connectivity index (χ4v) is 3.29. The number of rotatable bonds is 9. The molecule has 0 bridgehead atoms. The van der Waals surface area contributed by atoms with Crippen LogP contribution >= 0.6 is 0 Å². The number of hydrogen-bond donors (Lipinski definition) is 1. The highest BCUT2D eigenvalue weighted by molar-refractivity contribution is 6.22. The fourth-order valence-electron chi connectivity index (χ4n) is 3.29. The number of halogens is 1. The lowest BCUT2D eigenvalue weighted by atomic mass is 10.1. The molecule has 9 heteroatoms. The van der Waals surface area contributed by atoms with Crippen molar-refractivity contribution in [2.75, 3.05) is 37.1 Å². The van der Waals surface area contributed by atoms with Crippen LogP contribution in [0.15, 0.2) is 48.5 Å². The molecule has 8 nitrogen and oxygen atoms in total. The number of nitrogens with one attached hydrogen (secondary N) is 1. The summed E-state index contributed by atoms with van der Waals surface area (Å²) in [7, 11) is 1.48. The van der Waals surface area contributed by atoms with Gasteiger partial charge in [-0.25, -0.2) is 14.1 Å². The molecule has 1 heterocycles. The zero-order valence-electron chi connectivity index (χ0n) is 17.3. The largest absolute Gasteiger partial charge is 0.494 e. The topological polar surface area (TPSA) is 88.2 Å². The van der Waals surface area contributed by atoms with Crippen LogP contribution < -0.4 is 15.0 Å². The number of ether oxygens (including phenoxy) is 2. The van der Waals surface area contributed by atoms with E-state index in [1.165, 1.54) is 36.3 Å². The first kappa shape index (κ1) is 22.2. The van der Waals surface area contributed by atoms with Gasteiger partial charge in [0.2, 0.25) is 5.91 Å². The maximum Gasteiger partial charge on any atom is 0.332 e. The Hall–Kier alpha value is -3.46. The van der Waals surface area contributed by atoms with E-state index >= 15 is 0 Å². The molecule has 0 aromatic heterocycles. The van der Waals surface area contributed by atoms with E-state index in [1.807, 2.05) is 6.92 Å². The Morgan fingerprint density at radius 3 is 2.39 bits per heavy atom. The number of benzene rings is 2. The zero-order valence-corrected chi connectivity index (χ0v) is 17.3. The van der Waals surface area contributed by atoms with E-state index in [2.05, 4.69) is 5.32 Å². The van der Waals surface area contributed by atoms with Gasteiger partial charge < -0.3 is 19.7 Å². The van der Waals surface area contributed by atoms with Crippen molar-refractivity contribution in [1.29, 1.82) is 0 Å². The summed E-state index contributed by atoms with van der Waals surface area (Å²) in [6, 6.07) is 10.3. The van der Waals surface area contributed by atoms with Crippen LogP contribution in [0.5, 0.6) is 5.75 Å². The molecule has 2 aromatic carbocycles. The highest BCUT2D eigenvalue weighted by Gasteiger charge is 2.46. The first-order valence-corrected chi connectivity index (χ1v) is 9.86.